The lowest BCUT2D eigenvalue weighted by molar-refractivity contribution is -0.115. The smallest absolute Gasteiger partial charge is 0.229 e. The van der Waals surface area contributed by atoms with Gasteiger partial charge in [0.2, 0.25) is 5.91 Å². The van der Waals surface area contributed by atoms with E-state index in [0.717, 1.165) is 16.1 Å². The molecule has 2 aromatic rings. The number of amides is 1. The van der Waals surface area contributed by atoms with Gasteiger partial charge in [0, 0.05) is 14.1 Å². The summed E-state index contributed by atoms with van der Waals surface area (Å²) in [5.41, 5.74) is 1.99. The van der Waals surface area contributed by atoms with E-state index in [1.165, 1.54) is 3.57 Å². The van der Waals surface area contributed by atoms with Gasteiger partial charge >= 0.3 is 0 Å². The first-order chi connectivity index (χ1) is 8.15. The molecule has 0 aliphatic carbocycles. The number of halogens is 1. The van der Waals surface area contributed by atoms with Crippen molar-refractivity contribution in [2.45, 2.75) is 13.3 Å². The van der Waals surface area contributed by atoms with E-state index < -0.39 is 0 Å². The zero-order chi connectivity index (χ0) is 12.3. The molecule has 0 saturated carbocycles. The third-order valence-electron chi connectivity index (χ3n) is 2.38. The van der Waals surface area contributed by atoms with Gasteiger partial charge < -0.3 is 5.32 Å². The lowest BCUT2D eigenvalue weighted by atomic mass is 10.2. The average Bonchev–Trinajstić information content (AvgIpc) is 2.75. The fourth-order valence-corrected chi connectivity index (χ4v) is 2.88. The summed E-state index contributed by atoms with van der Waals surface area (Å²) in [4.78, 5) is 12.9. The molecule has 0 unspecified atom stereocenters. The van der Waals surface area contributed by atoms with Gasteiger partial charge in [0.25, 0.3) is 0 Å². The molecule has 1 heterocycles. The minimum atomic E-state index is 0.0387. The number of carbonyl (C=O) groups is 1. The topological polar surface area (TPSA) is 29.1 Å². The van der Waals surface area contributed by atoms with Gasteiger partial charge in [0.05, 0.1) is 6.42 Å². The summed E-state index contributed by atoms with van der Waals surface area (Å²) in [5.74, 6) is 0.0387. The molecule has 2 nitrogen and oxygen atoms in total. The van der Waals surface area contributed by atoms with E-state index >= 15 is 0 Å². The van der Waals surface area contributed by atoms with Crippen molar-refractivity contribution in [1.82, 2.24) is 0 Å². The van der Waals surface area contributed by atoms with Crippen LogP contribution in [0.15, 0.2) is 35.7 Å². The first-order valence-electron chi connectivity index (χ1n) is 5.23. The van der Waals surface area contributed by atoms with Crippen LogP contribution >= 0.6 is 33.9 Å². The van der Waals surface area contributed by atoms with Crippen LogP contribution < -0.4 is 5.32 Å². The molecule has 0 aliphatic heterocycles. The molecule has 1 amide bonds. The number of benzene rings is 1. The lowest BCUT2D eigenvalue weighted by Gasteiger charge is -2.08. The largest absolute Gasteiger partial charge is 0.326 e. The molecule has 88 valence electrons. The number of aryl methyl sites for hydroxylation is 1. The number of hydrogen-bond acceptors (Lipinski definition) is 2. The van der Waals surface area contributed by atoms with Gasteiger partial charge in [0.1, 0.15) is 0 Å². The highest BCUT2D eigenvalue weighted by atomic mass is 127. The predicted octanol–water partition coefficient (Wildman–Crippen LogP) is 3.84. The third-order valence-corrected chi connectivity index (χ3v) is 3.92. The zero-order valence-corrected chi connectivity index (χ0v) is 12.3. The molecule has 0 spiro atoms. The maximum absolute atomic E-state index is 11.8. The second kappa shape index (κ2) is 5.64. The van der Waals surface area contributed by atoms with Gasteiger partial charge in [-0.3, -0.25) is 4.79 Å². The Kier molecular flexibility index (Phi) is 4.17. The second-order valence-corrected chi connectivity index (χ2v) is 6.04. The van der Waals surface area contributed by atoms with Crippen LogP contribution in [0.25, 0.3) is 0 Å². The maximum atomic E-state index is 11.8. The summed E-state index contributed by atoms with van der Waals surface area (Å²) in [7, 11) is 0. The third kappa shape index (κ3) is 3.54. The Hall–Kier alpha value is -0.880. The van der Waals surface area contributed by atoms with Gasteiger partial charge in [-0.1, -0.05) is 6.07 Å². The van der Waals surface area contributed by atoms with Crippen molar-refractivity contribution in [3.63, 3.8) is 0 Å². The van der Waals surface area contributed by atoms with Crippen LogP contribution in [0, 0.1) is 10.5 Å². The van der Waals surface area contributed by atoms with Crippen molar-refractivity contribution in [2.75, 3.05) is 5.32 Å². The summed E-state index contributed by atoms with van der Waals surface area (Å²) < 4.78 is 1.18. The van der Waals surface area contributed by atoms with Crippen molar-refractivity contribution < 1.29 is 4.79 Å². The van der Waals surface area contributed by atoms with Crippen molar-refractivity contribution in [3.8, 4) is 0 Å². The van der Waals surface area contributed by atoms with Gasteiger partial charge in [-0.25, -0.2) is 0 Å². The molecule has 1 aromatic heterocycles. The SMILES string of the molecule is Cc1cc(I)ccc1NC(=O)Cc1cccs1. The zero-order valence-electron chi connectivity index (χ0n) is 9.37. The molecule has 0 radical (unpaired) electrons. The van der Waals surface area contributed by atoms with Gasteiger partial charge in [-0.15, -0.1) is 11.3 Å². The van der Waals surface area contributed by atoms with E-state index in [-0.39, 0.29) is 5.91 Å². The molecule has 0 bridgehead atoms. The van der Waals surface area contributed by atoms with Crippen LogP contribution in [0.5, 0.6) is 0 Å². The highest BCUT2D eigenvalue weighted by Gasteiger charge is 2.06. The summed E-state index contributed by atoms with van der Waals surface area (Å²) in [6.07, 6.45) is 0.448. The Morgan fingerprint density at radius 3 is 2.88 bits per heavy atom. The molecule has 1 aromatic carbocycles. The summed E-state index contributed by atoms with van der Waals surface area (Å²) >= 11 is 3.87. The first kappa shape index (κ1) is 12.6. The number of anilines is 1. The Morgan fingerprint density at radius 2 is 2.24 bits per heavy atom. The number of thiophene rings is 1. The molecule has 2 rings (SSSR count). The maximum Gasteiger partial charge on any atom is 0.229 e. The monoisotopic (exact) mass is 357 g/mol. The van der Waals surface area contributed by atoms with E-state index in [1.54, 1.807) is 11.3 Å². The molecular weight excluding hydrogens is 345 g/mol. The number of nitrogens with one attached hydrogen (secondary N) is 1. The summed E-state index contributed by atoms with van der Waals surface area (Å²) in [6.45, 7) is 2.00. The van der Waals surface area contributed by atoms with Gasteiger partial charge in [-0.05, 0) is 64.7 Å². The standard InChI is InChI=1S/C13H12INOS/c1-9-7-10(14)4-5-12(9)15-13(16)8-11-3-2-6-17-11/h2-7H,8H2,1H3,(H,15,16). The average molecular weight is 357 g/mol. The van der Waals surface area contributed by atoms with Crippen LogP contribution in [0.2, 0.25) is 0 Å². The molecule has 0 aliphatic rings. The minimum Gasteiger partial charge on any atom is -0.326 e. The molecule has 4 heteroatoms. The molecule has 1 N–H and O–H groups in total. The van der Waals surface area contributed by atoms with Crippen LogP contribution in [0.3, 0.4) is 0 Å². The van der Waals surface area contributed by atoms with E-state index in [1.807, 2.05) is 36.6 Å². The molecule has 0 atom stereocenters. The van der Waals surface area contributed by atoms with Crippen LogP contribution in [0.1, 0.15) is 10.4 Å². The fraction of sp³-hybridized carbons (Fsp3) is 0.154. The Bertz CT molecular complexity index is 522. The van der Waals surface area contributed by atoms with Crippen LogP contribution in [0.4, 0.5) is 5.69 Å². The fourth-order valence-electron chi connectivity index (χ4n) is 1.53. The van der Waals surface area contributed by atoms with Crippen molar-refractivity contribution in [3.05, 3.63) is 49.7 Å². The molecule has 0 saturated heterocycles. The van der Waals surface area contributed by atoms with E-state index in [2.05, 4.69) is 34.0 Å². The molecular formula is C13H12INOS. The van der Waals surface area contributed by atoms with Gasteiger partial charge in [0.15, 0.2) is 0 Å². The number of carbonyl (C=O) groups excluding carboxylic acids is 1. The normalized spacial score (nSPS) is 10.2. The summed E-state index contributed by atoms with van der Waals surface area (Å²) in [5, 5.41) is 4.92. The van der Waals surface area contributed by atoms with Gasteiger partial charge in [-0.2, -0.15) is 0 Å². The Morgan fingerprint density at radius 1 is 1.41 bits per heavy atom. The minimum absolute atomic E-state index is 0.0387. The van der Waals surface area contributed by atoms with Crippen molar-refractivity contribution in [1.29, 1.82) is 0 Å². The quantitative estimate of drug-likeness (QED) is 0.831. The van der Waals surface area contributed by atoms with E-state index in [0.29, 0.717) is 6.42 Å². The first-order valence-corrected chi connectivity index (χ1v) is 7.19. The highest BCUT2D eigenvalue weighted by Crippen LogP contribution is 2.18. The van der Waals surface area contributed by atoms with Crippen molar-refractivity contribution in [2.24, 2.45) is 0 Å². The highest BCUT2D eigenvalue weighted by molar-refractivity contribution is 14.1. The number of hydrogen-bond donors (Lipinski definition) is 1. The molecule has 0 fully saturated rings. The van der Waals surface area contributed by atoms with E-state index in [4.69, 9.17) is 0 Å². The lowest BCUT2D eigenvalue weighted by Crippen LogP contribution is -2.14. The number of rotatable bonds is 3. The van der Waals surface area contributed by atoms with Crippen LogP contribution in [-0.2, 0) is 11.2 Å². The van der Waals surface area contributed by atoms with Crippen LogP contribution in [-0.4, -0.2) is 5.91 Å². The second-order valence-electron chi connectivity index (χ2n) is 3.76. The summed E-state index contributed by atoms with van der Waals surface area (Å²) in [6, 6.07) is 9.94. The van der Waals surface area contributed by atoms with E-state index in [9.17, 15) is 4.79 Å². The van der Waals surface area contributed by atoms with Crippen molar-refractivity contribution >= 4 is 45.5 Å². The Balaban J connectivity index is 2.03. The Labute approximate surface area is 118 Å². The molecule has 17 heavy (non-hydrogen) atoms. The predicted molar refractivity (Wildman–Crippen MR) is 80.5 cm³/mol.